The van der Waals surface area contributed by atoms with Gasteiger partial charge in [-0.3, -0.25) is 9.63 Å². The molecular weight excluding hydrogens is 413 g/mol. The predicted octanol–water partition coefficient (Wildman–Crippen LogP) is 4.34. The van der Waals surface area contributed by atoms with Gasteiger partial charge in [0.15, 0.2) is 0 Å². The van der Waals surface area contributed by atoms with Crippen LogP contribution in [0.2, 0.25) is 0 Å². The highest BCUT2D eigenvalue weighted by atomic mass is 19.4. The first-order valence-electron chi connectivity index (χ1n) is 10.5. The van der Waals surface area contributed by atoms with Gasteiger partial charge in [-0.1, -0.05) is 6.08 Å². The number of esters is 1. The predicted molar refractivity (Wildman–Crippen MR) is 108 cm³/mol. The average molecular weight is 440 g/mol. The highest BCUT2D eigenvalue weighted by molar-refractivity contribution is 5.99. The van der Waals surface area contributed by atoms with Gasteiger partial charge in [-0.05, 0) is 74.6 Å². The molecule has 2 aliphatic rings. The minimum atomic E-state index is -5.12. The highest BCUT2D eigenvalue weighted by Crippen LogP contribution is 2.43. The Morgan fingerprint density at radius 2 is 1.90 bits per heavy atom. The summed E-state index contributed by atoms with van der Waals surface area (Å²) in [6.45, 7) is 3.55. The first-order chi connectivity index (χ1) is 14.7. The second-order valence-corrected chi connectivity index (χ2v) is 7.75. The van der Waals surface area contributed by atoms with E-state index in [1.165, 1.54) is 12.1 Å². The number of benzene rings is 1. The molecule has 3 rings (SSSR count). The van der Waals surface area contributed by atoms with E-state index in [0.717, 1.165) is 24.8 Å². The lowest BCUT2D eigenvalue weighted by Gasteiger charge is -2.33. The third kappa shape index (κ3) is 5.46. The van der Waals surface area contributed by atoms with E-state index in [1.54, 1.807) is 0 Å². The summed E-state index contributed by atoms with van der Waals surface area (Å²) in [6, 6.07) is 2.60. The van der Waals surface area contributed by atoms with Crippen LogP contribution in [-0.4, -0.2) is 42.8 Å². The molecule has 0 unspecified atom stereocenters. The zero-order chi connectivity index (χ0) is 22.6. The van der Waals surface area contributed by atoms with Crippen LogP contribution in [0.15, 0.2) is 18.2 Å². The number of primary amides is 1. The Kier molecular flexibility index (Phi) is 7.38. The van der Waals surface area contributed by atoms with Crippen LogP contribution in [0.1, 0.15) is 72.9 Å². The Bertz CT molecular complexity index is 859. The standard InChI is InChI=1S/C22H27F3N2O4/c1-2-30-27-12-10-15(11-13-27)19-17(31-21(29)22(23,24)25)9-8-16(20(26)28)18(19)14-6-4-3-5-7-14/h6,8-9,15H,2-5,7,10-13H2,1H3,(H2,26,28). The van der Waals surface area contributed by atoms with Crippen molar-refractivity contribution in [2.75, 3.05) is 19.7 Å². The number of piperidine rings is 1. The topological polar surface area (TPSA) is 81.9 Å². The molecule has 6 nitrogen and oxygen atoms in total. The lowest BCUT2D eigenvalue weighted by Crippen LogP contribution is -2.34. The van der Waals surface area contributed by atoms with Crippen LogP contribution in [-0.2, 0) is 9.63 Å². The highest BCUT2D eigenvalue weighted by Gasteiger charge is 2.42. The van der Waals surface area contributed by atoms with Crippen LogP contribution in [0.3, 0.4) is 0 Å². The van der Waals surface area contributed by atoms with Gasteiger partial charge in [-0.25, -0.2) is 4.79 Å². The molecule has 1 aliphatic heterocycles. The molecule has 1 aromatic rings. The lowest BCUT2D eigenvalue weighted by atomic mass is 9.79. The number of carbonyl (C=O) groups is 2. The summed E-state index contributed by atoms with van der Waals surface area (Å²) in [4.78, 5) is 29.4. The molecule has 1 fully saturated rings. The molecule has 0 saturated carbocycles. The number of halogens is 3. The van der Waals surface area contributed by atoms with E-state index in [1.807, 2.05) is 18.1 Å². The van der Waals surface area contributed by atoms with E-state index < -0.39 is 18.1 Å². The summed E-state index contributed by atoms with van der Waals surface area (Å²) in [5, 5.41) is 1.81. The quantitative estimate of drug-likeness (QED) is 0.526. The summed E-state index contributed by atoms with van der Waals surface area (Å²) >= 11 is 0. The van der Waals surface area contributed by atoms with Crippen molar-refractivity contribution in [1.29, 1.82) is 0 Å². The molecule has 0 spiro atoms. The van der Waals surface area contributed by atoms with Gasteiger partial charge in [-0.15, -0.1) is 0 Å². The first-order valence-corrected chi connectivity index (χ1v) is 10.5. The van der Waals surface area contributed by atoms with Crippen LogP contribution in [0.5, 0.6) is 5.75 Å². The zero-order valence-electron chi connectivity index (χ0n) is 17.5. The van der Waals surface area contributed by atoms with Gasteiger partial charge < -0.3 is 10.5 Å². The Balaban J connectivity index is 2.10. The maximum atomic E-state index is 12.9. The van der Waals surface area contributed by atoms with Crippen LogP contribution in [0.25, 0.3) is 5.57 Å². The molecule has 1 saturated heterocycles. The van der Waals surface area contributed by atoms with E-state index >= 15 is 0 Å². The van der Waals surface area contributed by atoms with Crippen molar-refractivity contribution < 1.29 is 32.3 Å². The molecule has 0 bridgehead atoms. The zero-order valence-corrected chi connectivity index (χ0v) is 17.5. The average Bonchev–Trinajstić information content (AvgIpc) is 2.74. The van der Waals surface area contributed by atoms with Crippen LogP contribution >= 0.6 is 0 Å². The number of alkyl halides is 3. The monoisotopic (exact) mass is 440 g/mol. The number of rotatable bonds is 6. The summed E-state index contributed by atoms with van der Waals surface area (Å²) in [5.41, 5.74) is 7.71. The summed E-state index contributed by atoms with van der Waals surface area (Å²) in [6.07, 6.45) is 1.43. The van der Waals surface area contributed by atoms with Crippen molar-refractivity contribution >= 4 is 17.4 Å². The maximum Gasteiger partial charge on any atom is 0.491 e. The molecule has 31 heavy (non-hydrogen) atoms. The summed E-state index contributed by atoms with van der Waals surface area (Å²) < 4.78 is 43.6. The normalized spacial score (nSPS) is 18.5. The van der Waals surface area contributed by atoms with Crippen LogP contribution in [0, 0.1) is 0 Å². The molecule has 1 heterocycles. The van der Waals surface area contributed by atoms with Crippen molar-refractivity contribution in [3.63, 3.8) is 0 Å². The van der Waals surface area contributed by atoms with E-state index in [-0.39, 0.29) is 17.2 Å². The number of ether oxygens (including phenoxy) is 1. The van der Waals surface area contributed by atoms with Crippen molar-refractivity contribution in [2.45, 2.75) is 57.5 Å². The molecule has 1 aliphatic carbocycles. The van der Waals surface area contributed by atoms with Gasteiger partial charge >= 0.3 is 12.1 Å². The second kappa shape index (κ2) is 9.82. The van der Waals surface area contributed by atoms with Crippen molar-refractivity contribution in [3.8, 4) is 5.75 Å². The number of carbonyl (C=O) groups excluding carboxylic acids is 2. The largest absolute Gasteiger partial charge is 0.491 e. The maximum absolute atomic E-state index is 12.9. The van der Waals surface area contributed by atoms with Gasteiger partial charge in [0.2, 0.25) is 5.91 Å². The summed E-state index contributed by atoms with van der Waals surface area (Å²) in [5.74, 6) is -3.31. The minimum absolute atomic E-state index is 0.163. The smallest absolute Gasteiger partial charge is 0.420 e. The summed E-state index contributed by atoms with van der Waals surface area (Å²) in [7, 11) is 0. The van der Waals surface area contributed by atoms with Crippen molar-refractivity contribution in [3.05, 3.63) is 34.9 Å². The minimum Gasteiger partial charge on any atom is -0.420 e. The van der Waals surface area contributed by atoms with E-state index in [0.29, 0.717) is 50.1 Å². The number of hydroxylamine groups is 2. The number of hydrogen-bond acceptors (Lipinski definition) is 5. The molecular formula is C22H27F3N2O4. The fourth-order valence-corrected chi connectivity index (χ4v) is 4.33. The Labute approximate surface area is 179 Å². The number of allylic oxidation sites excluding steroid dienone is 2. The SMILES string of the molecule is CCON1CCC(c2c(OC(=O)C(F)(F)F)ccc(C(N)=O)c2C2=CCCCC2)CC1. The third-order valence-electron chi connectivity index (χ3n) is 5.69. The molecule has 2 N–H and O–H groups in total. The fourth-order valence-electron chi connectivity index (χ4n) is 4.33. The molecule has 170 valence electrons. The Morgan fingerprint density at radius 3 is 2.45 bits per heavy atom. The molecule has 1 aromatic carbocycles. The number of nitrogens with zero attached hydrogens (tertiary/aromatic N) is 1. The second-order valence-electron chi connectivity index (χ2n) is 7.75. The van der Waals surface area contributed by atoms with E-state index in [2.05, 4.69) is 0 Å². The van der Waals surface area contributed by atoms with Crippen molar-refractivity contribution in [2.24, 2.45) is 5.73 Å². The molecule has 1 amide bonds. The van der Waals surface area contributed by atoms with Crippen molar-refractivity contribution in [1.82, 2.24) is 5.06 Å². The van der Waals surface area contributed by atoms with Gasteiger partial charge in [0.1, 0.15) is 5.75 Å². The molecule has 0 radical (unpaired) electrons. The first kappa shape index (κ1) is 23.3. The molecule has 0 aromatic heterocycles. The Morgan fingerprint density at radius 1 is 1.19 bits per heavy atom. The number of amides is 1. The van der Waals surface area contributed by atoms with Gasteiger partial charge in [0, 0.05) is 24.2 Å². The third-order valence-corrected chi connectivity index (χ3v) is 5.69. The molecule has 0 atom stereocenters. The van der Waals surface area contributed by atoms with E-state index in [9.17, 15) is 22.8 Å². The van der Waals surface area contributed by atoms with Crippen LogP contribution < -0.4 is 10.5 Å². The number of nitrogens with two attached hydrogens (primary N) is 1. The Hall–Kier alpha value is -2.39. The van der Waals surface area contributed by atoms with Gasteiger partial charge in [-0.2, -0.15) is 18.2 Å². The van der Waals surface area contributed by atoms with Gasteiger partial charge in [0.25, 0.3) is 0 Å². The van der Waals surface area contributed by atoms with E-state index in [4.69, 9.17) is 15.3 Å². The fraction of sp³-hybridized carbons (Fsp3) is 0.545. The van der Waals surface area contributed by atoms with Crippen LogP contribution in [0.4, 0.5) is 13.2 Å². The lowest BCUT2D eigenvalue weighted by molar-refractivity contribution is -0.189. The van der Waals surface area contributed by atoms with Gasteiger partial charge in [0.05, 0.1) is 6.61 Å². The molecule has 9 heteroatoms. The number of hydrogen-bond donors (Lipinski definition) is 1.